The van der Waals surface area contributed by atoms with Gasteiger partial charge in [0, 0.05) is 0 Å². The van der Waals surface area contributed by atoms with Crippen molar-refractivity contribution in [1.82, 2.24) is 5.32 Å². The summed E-state index contributed by atoms with van der Waals surface area (Å²) in [6, 6.07) is 5.99. The Morgan fingerprint density at radius 3 is 2.69 bits per heavy atom. The molecule has 1 heterocycles. The Hall–Kier alpha value is -1.22. The van der Waals surface area contributed by atoms with Gasteiger partial charge < -0.3 is 14.8 Å². The predicted octanol–water partition coefficient (Wildman–Crippen LogP) is 2.13. The highest BCUT2D eigenvalue weighted by molar-refractivity contribution is 5.45. The molecule has 0 aliphatic carbocycles. The quantitative estimate of drug-likeness (QED) is 0.848. The zero-order valence-corrected chi connectivity index (χ0v) is 9.95. The largest absolute Gasteiger partial charge is 0.493 e. The maximum atomic E-state index is 6.04. The molecule has 88 valence electrons. The average molecular weight is 221 g/mol. The van der Waals surface area contributed by atoms with Gasteiger partial charge in [-0.2, -0.15) is 0 Å². The summed E-state index contributed by atoms with van der Waals surface area (Å²) < 4.78 is 11.4. The lowest BCUT2D eigenvalue weighted by molar-refractivity contribution is 0.155. The highest BCUT2D eigenvalue weighted by Crippen LogP contribution is 2.32. The van der Waals surface area contributed by atoms with E-state index in [-0.39, 0.29) is 0 Å². The number of hydrogen-bond donors (Lipinski definition) is 1. The fourth-order valence-electron chi connectivity index (χ4n) is 2.02. The molecule has 0 atom stereocenters. The maximum Gasteiger partial charge on any atom is 0.164 e. The van der Waals surface area contributed by atoms with Gasteiger partial charge in [-0.15, -0.1) is 0 Å². The van der Waals surface area contributed by atoms with E-state index in [1.165, 1.54) is 0 Å². The Kier molecular flexibility index (Phi) is 3.67. The molecule has 1 aliphatic heterocycles. The first kappa shape index (κ1) is 11.3. The molecule has 1 fully saturated rings. The van der Waals surface area contributed by atoms with Crippen molar-refractivity contribution in [2.75, 3.05) is 20.2 Å². The van der Waals surface area contributed by atoms with Crippen LogP contribution in [0.3, 0.4) is 0 Å². The maximum absolute atomic E-state index is 6.04. The molecule has 0 bridgehead atoms. The van der Waals surface area contributed by atoms with Gasteiger partial charge >= 0.3 is 0 Å². The van der Waals surface area contributed by atoms with Gasteiger partial charge in [-0.25, -0.2) is 0 Å². The molecule has 3 heteroatoms. The van der Waals surface area contributed by atoms with E-state index >= 15 is 0 Å². The topological polar surface area (TPSA) is 30.5 Å². The van der Waals surface area contributed by atoms with Crippen molar-refractivity contribution in [2.45, 2.75) is 25.9 Å². The smallest absolute Gasteiger partial charge is 0.164 e. The standard InChI is InChI=1S/C13H19NO2/c1-10-4-3-5-12(15-2)13(10)16-11-6-8-14-9-7-11/h3-5,11,14H,6-9H2,1-2H3. The normalized spacial score (nSPS) is 17.1. The Bertz CT molecular complexity index is 346. The number of para-hydroxylation sites is 1. The van der Waals surface area contributed by atoms with Crippen LogP contribution in [0.25, 0.3) is 0 Å². The minimum Gasteiger partial charge on any atom is -0.493 e. The SMILES string of the molecule is COc1cccc(C)c1OC1CCNCC1. The minimum atomic E-state index is 0.316. The van der Waals surface area contributed by atoms with Crippen molar-refractivity contribution in [3.63, 3.8) is 0 Å². The van der Waals surface area contributed by atoms with E-state index in [0.29, 0.717) is 6.10 Å². The van der Waals surface area contributed by atoms with Crippen LogP contribution in [0.15, 0.2) is 18.2 Å². The molecule has 1 saturated heterocycles. The van der Waals surface area contributed by atoms with Gasteiger partial charge in [0.2, 0.25) is 0 Å². The van der Waals surface area contributed by atoms with Gasteiger partial charge in [-0.3, -0.25) is 0 Å². The van der Waals surface area contributed by atoms with Crippen molar-refractivity contribution in [3.05, 3.63) is 23.8 Å². The Labute approximate surface area is 96.8 Å². The number of rotatable bonds is 3. The molecule has 16 heavy (non-hydrogen) atoms. The second-order valence-electron chi connectivity index (χ2n) is 4.17. The Balaban J connectivity index is 2.12. The summed E-state index contributed by atoms with van der Waals surface area (Å²) in [6.07, 6.45) is 2.45. The van der Waals surface area contributed by atoms with Crippen LogP contribution in [0.4, 0.5) is 0 Å². The molecule has 1 N–H and O–H groups in total. The summed E-state index contributed by atoms with van der Waals surface area (Å²) in [5, 5.41) is 3.33. The summed E-state index contributed by atoms with van der Waals surface area (Å²) >= 11 is 0. The Morgan fingerprint density at radius 1 is 1.25 bits per heavy atom. The number of nitrogens with one attached hydrogen (secondary N) is 1. The molecule has 0 aromatic heterocycles. The molecule has 0 amide bonds. The lowest BCUT2D eigenvalue weighted by atomic mass is 10.1. The van der Waals surface area contributed by atoms with Crippen LogP contribution in [-0.2, 0) is 0 Å². The first-order valence-corrected chi connectivity index (χ1v) is 5.82. The van der Waals surface area contributed by atoms with Crippen LogP contribution in [0.5, 0.6) is 11.5 Å². The van der Waals surface area contributed by atoms with Gasteiger partial charge in [0.1, 0.15) is 6.10 Å². The van der Waals surface area contributed by atoms with Gasteiger partial charge in [0.05, 0.1) is 7.11 Å². The van der Waals surface area contributed by atoms with E-state index in [4.69, 9.17) is 9.47 Å². The molecule has 0 radical (unpaired) electrons. The second kappa shape index (κ2) is 5.21. The summed E-state index contributed by atoms with van der Waals surface area (Å²) in [4.78, 5) is 0. The monoisotopic (exact) mass is 221 g/mol. The van der Waals surface area contributed by atoms with E-state index in [0.717, 1.165) is 43.0 Å². The number of aryl methyl sites for hydroxylation is 1. The van der Waals surface area contributed by atoms with Crippen LogP contribution in [0.2, 0.25) is 0 Å². The molecule has 3 nitrogen and oxygen atoms in total. The van der Waals surface area contributed by atoms with Crippen molar-refractivity contribution in [2.24, 2.45) is 0 Å². The van der Waals surface area contributed by atoms with Crippen LogP contribution in [-0.4, -0.2) is 26.3 Å². The first-order valence-electron chi connectivity index (χ1n) is 5.82. The lowest BCUT2D eigenvalue weighted by Gasteiger charge is -2.25. The van der Waals surface area contributed by atoms with E-state index in [9.17, 15) is 0 Å². The van der Waals surface area contributed by atoms with Gasteiger partial charge in [-0.05, 0) is 44.5 Å². The highest BCUT2D eigenvalue weighted by Gasteiger charge is 2.17. The van der Waals surface area contributed by atoms with Gasteiger partial charge in [-0.1, -0.05) is 12.1 Å². The third-order valence-electron chi connectivity index (χ3n) is 2.97. The first-order chi connectivity index (χ1) is 7.81. The van der Waals surface area contributed by atoms with Crippen molar-refractivity contribution < 1.29 is 9.47 Å². The van der Waals surface area contributed by atoms with Crippen molar-refractivity contribution in [1.29, 1.82) is 0 Å². The number of hydrogen-bond acceptors (Lipinski definition) is 3. The summed E-state index contributed by atoms with van der Waals surface area (Å²) in [7, 11) is 1.68. The average Bonchev–Trinajstić information content (AvgIpc) is 2.33. The van der Waals surface area contributed by atoms with E-state index < -0.39 is 0 Å². The molecule has 0 saturated carbocycles. The highest BCUT2D eigenvalue weighted by atomic mass is 16.5. The second-order valence-corrected chi connectivity index (χ2v) is 4.17. The molecular weight excluding hydrogens is 202 g/mol. The molecule has 1 aliphatic rings. The predicted molar refractivity (Wildman–Crippen MR) is 64.3 cm³/mol. The van der Waals surface area contributed by atoms with Crippen molar-refractivity contribution in [3.8, 4) is 11.5 Å². The number of ether oxygens (including phenoxy) is 2. The van der Waals surface area contributed by atoms with E-state index in [2.05, 4.69) is 18.3 Å². The summed E-state index contributed by atoms with van der Waals surface area (Å²) in [6.45, 7) is 4.14. The molecule has 0 unspecified atom stereocenters. The number of methoxy groups -OCH3 is 1. The third kappa shape index (κ3) is 2.47. The molecular formula is C13H19NO2. The van der Waals surface area contributed by atoms with Crippen LogP contribution in [0, 0.1) is 6.92 Å². The van der Waals surface area contributed by atoms with Crippen LogP contribution >= 0.6 is 0 Å². The minimum absolute atomic E-state index is 0.316. The molecule has 2 rings (SSSR count). The van der Waals surface area contributed by atoms with Crippen LogP contribution < -0.4 is 14.8 Å². The molecule has 1 aromatic rings. The zero-order valence-electron chi connectivity index (χ0n) is 9.95. The van der Waals surface area contributed by atoms with Gasteiger partial charge in [0.25, 0.3) is 0 Å². The Morgan fingerprint density at radius 2 is 2.00 bits per heavy atom. The number of piperidine rings is 1. The number of benzene rings is 1. The van der Waals surface area contributed by atoms with Crippen LogP contribution in [0.1, 0.15) is 18.4 Å². The molecule has 1 aromatic carbocycles. The lowest BCUT2D eigenvalue weighted by Crippen LogP contribution is -2.34. The molecule has 0 spiro atoms. The van der Waals surface area contributed by atoms with E-state index in [1.54, 1.807) is 7.11 Å². The summed E-state index contributed by atoms with van der Waals surface area (Å²) in [5.41, 5.74) is 1.14. The van der Waals surface area contributed by atoms with Gasteiger partial charge in [0.15, 0.2) is 11.5 Å². The zero-order chi connectivity index (χ0) is 11.4. The summed E-state index contributed by atoms with van der Waals surface area (Å²) in [5.74, 6) is 1.73. The third-order valence-corrected chi connectivity index (χ3v) is 2.97. The van der Waals surface area contributed by atoms with E-state index in [1.807, 2.05) is 12.1 Å². The van der Waals surface area contributed by atoms with Crippen molar-refractivity contribution >= 4 is 0 Å². The fraction of sp³-hybridized carbons (Fsp3) is 0.538. The fourth-order valence-corrected chi connectivity index (χ4v) is 2.02.